The molecule has 0 fully saturated rings. The van der Waals surface area contributed by atoms with Crippen molar-refractivity contribution < 1.29 is 4.92 Å². The second-order valence-corrected chi connectivity index (χ2v) is 3.85. The van der Waals surface area contributed by atoms with Crippen LogP contribution in [0.3, 0.4) is 0 Å². The molecular weight excluding hydrogens is 283 g/mol. The zero-order valence-electron chi connectivity index (χ0n) is 7.08. The van der Waals surface area contributed by atoms with Crippen molar-refractivity contribution in [2.45, 2.75) is 13.5 Å². The third-order valence-electron chi connectivity index (χ3n) is 1.78. The molecule has 0 spiro atoms. The molecule has 0 aliphatic carbocycles. The lowest BCUT2D eigenvalue weighted by molar-refractivity contribution is -0.385. The van der Waals surface area contributed by atoms with Crippen molar-refractivity contribution in [3.63, 3.8) is 0 Å². The largest absolute Gasteiger partial charge is 0.326 e. The number of nitro benzene ring substituents is 1. The molecule has 1 aromatic rings. The van der Waals surface area contributed by atoms with Crippen LogP contribution in [0.4, 0.5) is 5.69 Å². The molecule has 0 bridgehead atoms. The van der Waals surface area contributed by atoms with E-state index < -0.39 is 0 Å². The van der Waals surface area contributed by atoms with Gasteiger partial charge in [0, 0.05) is 21.7 Å². The molecular formula is C8H9IN2O2. The minimum Gasteiger partial charge on any atom is -0.326 e. The number of halogens is 1. The van der Waals surface area contributed by atoms with Gasteiger partial charge in [-0.15, -0.1) is 0 Å². The predicted molar refractivity (Wildman–Crippen MR) is 58.4 cm³/mol. The molecule has 70 valence electrons. The predicted octanol–water partition coefficient (Wildman–Crippen LogP) is 1.97. The normalized spacial score (nSPS) is 10.1. The fourth-order valence-electron chi connectivity index (χ4n) is 1.06. The van der Waals surface area contributed by atoms with Gasteiger partial charge < -0.3 is 5.73 Å². The second kappa shape index (κ2) is 4.01. The number of aryl methyl sites for hydroxylation is 1. The highest BCUT2D eigenvalue weighted by molar-refractivity contribution is 14.1. The molecule has 0 unspecified atom stereocenters. The van der Waals surface area contributed by atoms with Crippen LogP contribution in [-0.4, -0.2) is 4.92 Å². The molecule has 0 aliphatic heterocycles. The maximum absolute atomic E-state index is 10.6. The highest BCUT2D eigenvalue weighted by Gasteiger charge is 2.12. The van der Waals surface area contributed by atoms with Crippen LogP contribution in [0, 0.1) is 20.6 Å². The lowest BCUT2D eigenvalue weighted by Crippen LogP contribution is -2.02. The third-order valence-corrected chi connectivity index (χ3v) is 2.79. The first kappa shape index (κ1) is 10.4. The maximum Gasteiger partial charge on any atom is 0.272 e. The summed E-state index contributed by atoms with van der Waals surface area (Å²) in [5, 5.41) is 10.6. The molecule has 0 aromatic heterocycles. The molecule has 2 N–H and O–H groups in total. The minimum atomic E-state index is -0.384. The van der Waals surface area contributed by atoms with E-state index >= 15 is 0 Å². The average molecular weight is 292 g/mol. The molecule has 4 nitrogen and oxygen atoms in total. The number of rotatable bonds is 2. The number of nitro groups is 1. The van der Waals surface area contributed by atoms with Gasteiger partial charge in [-0.05, 0) is 41.1 Å². The second-order valence-electron chi connectivity index (χ2n) is 2.69. The fraction of sp³-hybridized carbons (Fsp3) is 0.250. The van der Waals surface area contributed by atoms with Gasteiger partial charge in [0.1, 0.15) is 0 Å². The smallest absolute Gasteiger partial charge is 0.272 e. The summed E-state index contributed by atoms with van der Waals surface area (Å²) >= 11 is 2.12. The Labute approximate surface area is 89.4 Å². The van der Waals surface area contributed by atoms with Gasteiger partial charge in [0.15, 0.2) is 0 Å². The standard InChI is InChI=1S/C8H9IN2O2/c1-5-2-7(9)6(4-10)3-8(5)11(12)13/h2-3H,4,10H2,1H3. The Morgan fingerprint density at radius 1 is 1.62 bits per heavy atom. The molecule has 1 rings (SSSR count). The van der Waals surface area contributed by atoms with E-state index in [1.165, 1.54) is 6.07 Å². The molecule has 13 heavy (non-hydrogen) atoms. The Bertz CT molecular complexity index is 352. The van der Waals surface area contributed by atoms with Crippen LogP contribution in [0.25, 0.3) is 0 Å². The van der Waals surface area contributed by atoms with Crippen LogP contribution in [0.1, 0.15) is 11.1 Å². The van der Waals surface area contributed by atoms with Gasteiger partial charge in [-0.1, -0.05) is 0 Å². The topological polar surface area (TPSA) is 69.2 Å². The monoisotopic (exact) mass is 292 g/mol. The molecule has 0 amide bonds. The summed E-state index contributed by atoms with van der Waals surface area (Å²) < 4.78 is 0.975. The Kier molecular flexibility index (Phi) is 3.21. The van der Waals surface area contributed by atoms with E-state index in [2.05, 4.69) is 22.6 Å². The lowest BCUT2D eigenvalue weighted by Gasteiger charge is -2.03. The summed E-state index contributed by atoms with van der Waals surface area (Å²) in [7, 11) is 0. The van der Waals surface area contributed by atoms with E-state index in [9.17, 15) is 10.1 Å². The van der Waals surface area contributed by atoms with Crippen LogP contribution in [0.15, 0.2) is 12.1 Å². The van der Waals surface area contributed by atoms with Crippen LogP contribution in [0.5, 0.6) is 0 Å². The van der Waals surface area contributed by atoms with Crippen molar-refractivity contribution in [3.05, 3.63) is 36.9 Å². The Morgan fingerprint density at radius 2 is 2.23 bits per heavy atom. The van der Waals surface area contributed by atoms with Crippen LogP contribution >= 0.6 is 22.6 Å². The van der Waals surface area contributed by atoms with Crippen molar-refractivity contribution >= 4 is 28.3 Å². The molecule has 0 saturated heterocycles. The number of nitrogens with two attached hydrogens (primary N) is 1. The van der Waals surface area contributed by atoms with E-state index in [-0.39, 0.29) is 10.6 Å². The zero-order valence-corrected chi connectivity index (χ0v) is 9.24. The van der Waals surface area contributed by atoms with Gasteiger partial charge in [0.2, 0.25) is 0 Å². The maximum atomic E-state index is 10.6. The van der Waals surface area contributed by atoms with Crippen molar-refractivity contribution in [3.8, 4) is 0 Å². The van der Waals surface area contributed by atoms with Gasteiger partial charge in [-0.3, -0.25) is 10.1 Å². The van der Waals surface area contributed by atoms with Crippen LogP contribution in [-0.2, 0) is 6.54 Å². The highest BCUT2D eigenvalue weighted by atomic mass is 127. The number of nitrogens with zero attached hydrogens (tertiary/aromatic N) is 1. The quantitative estimate of drug-likeness (QED) is 0.514. The Hall–Kier alpha value is -0.690. The van der Waals surface area contributed by atoms with Crippen molar-refractivity contribution in [1.82, 2.24) is 0 Å². The molecule has 0 radical (unpaired) electrons. The Morgan fingerprint density at radius 3 is 2.69 bits per heavy atom. The minimum absolute atomic E-state index is 0.140. The van der Waals surface area contributed by atoms with Gasteiger partial charge in [0.05, 0.1) is 4.92 Å². The third kappa shape index (κ3) is 2.16. The van der Waals surface area contributed by atoms with Gasteiger partial charge in [-0.2, -0.15) is 0 Å². The molecule has 0 aliphatic rings. The van der Waals surface area contributed by atoms with Crippen molar-refractivity contribution in [1.29, 1.82) is 0 Å². The summed E-state index contributed by atoms with van der Waals surface area (Å²) in [5.41, 5.74) is 7.07. The highest BCUT2D eigenvalue weighted by Crippen LogP contribution is 2.23. The summed E-state index contributed by atoms with van der Waals surface area (Å²) in [4.78, 5) is 10.2. The number of hydrogen-bond donors (Lipinski definition) is 1. The van der Waals surface area contributed by atoms with E-state index in [1.807, 2.05) is 0 Å². The van der Waals surface area contributed by atoms with Gasteiger partial charge in [0.25, 0.3) is 5.69 Å². The Balaban J connectivity index is 3.30. The van der Waals surface area contributed by atoms with Crippen molar-refractivity contribution in [2.24, 2.45) is 5.73 Å². The SMILES string of the molecule is Cc1cc(I)c(CN)cc1[N+](=O)[O-]. The van der Waals surface area contributed by atoms with Crippen LogP contribution < -0.4 is 5.73 Å². The number of hydrogen-bond acceptors (Lipinski definition) is 3. The van der Waals surface area contributed by atoms with Gasteiger partial charge in [-0.25, -0.2) is 0 Å². The van der Waals surface area contributed by atoms with E-state index in [0.717, 1.165) is 9.13 Å². The molecule has 1 aromatic carbocycles. The van der Waals surface area contributed by atoms with Crippen LogP contribution in [0.2, 0.25) is 0 Å². The first-order valence-corrected chi connectivity index (χ1v) is 4.77. The molecule has 5 heteroatoms. The molecule has 0 heterocycles. The van der Waals surface area contributed by atoms with E-state index in [4.69, 9.17) is 5.73 Å². The zero-order chi connectivity index (χ0) is 10.0. The summed E-state index contributed by atoms with van der Waals surface area (Å²) in [6.45, 7) is 2.06. The van der Waals surface area contributed by atoms with Crippen molar-refractivity contribution in [2.75, 3.05) is 0 Å². The summed E-state index contributed by atoms with van der Waals surface area (Å²) in [6, 6.07) is 3.32. The van der Waals surface area contributed by atoms with Gasteiger partial charge >= 0.3 is 0 Å². The first-order chi connectivity index (χ1) is 6.06. The summed E-state index contributed by atoms with van der Waals surface area (Å²) in [6.07, 6.45) is 0. The summed E-state index contributed by atoms with van der Waals surface area (Å²) in [5.74, 6) is 0. The lowest BCUT2D eigenvalue weighted by atomic mass is 10.1. The fourth-order valence-corrected chi connectivity index (χ4v) is 1.90. The van der Waals surface area contributed by atoms with E-state index in [0.29, 0.717) is 12.1 Å². The number of benzene rings is 1. The molecule has 0 atom stereocenters. The average Bonchev–Trinajstić information content (AvgIpc) is 2.03. The molecule has 0 saturated carbocycles. The van der Waals surface area contributed by atoms with E-state index in [1.54, 1.807) is 13.0 Å². The first-order valence-electron chi connectivity index (χ1n) is 3.69.